The molecule has 148 valence electrons. The fourth-order valence-electron chi connectivity index (χ4n) is 2.13. The van der Waals surface area contributed by atoms with Crippen LogP contribution in [-0.2, 0) is 14.2 Å². The van der Waals surface area contributed by atoms with Gasteiger partial charge in [0.15, 0.2) is 17.3 Å². The van der Waals surface area contributed by atoms with Crippen LogP contribution < -0.4 is 9.47 Å². The van der Waals surface area contributed by atoms with E-state index in [1.807, 2.05) is 0 Å². The first kappa shape index (κ1) is 20.3. The number of nitrogens with zero attached hydrogens (tertiary/aromatic N) is 1. The Morgan fingerprint density at radius 1 is 1.15 bits per heavy atom. The number of benzene rings is 1. The molecule has 1 unspecified atom stereocenters. The Morgan fingerprint density at radius 3 is 2.48 bits per heavy atom. The summed E-state index contributed by atoms with van der Waals surface area (Å²) in [6.07, 6.45) is -1.78. The summed E-state index contributed by atoms with van der Waals surface area (Å²) in [6, 6.07) is 3.98. The predicted octanol–water partition coefficient (Wildman–Crippen LogP) is 2.96. The van der Waals surface area contributed by atoms with Crippen molar-refractivity contribution in [2.75, 3.05) is 20.6 Å². The Kier molecular flexibility index (Phi) is 6.14. The van der Waals surface area contributed by atoms with E-state index in [2.05, 4.69) is 4.74 Å². The monoisotopic (exact) mass is 381 g/mol. The van der Waals surface area contributed by atoms with Crippen LogP contribution >= 0.6 is 0 Å². The standard InChI is InChI=1S/C18H23NO8/c1-11(15(20)12-6-7-13-14(8-12)24-9-23-13)19(5)16(21)25-10-26-17(22)27-18(2,3)4/h6-8,11H,9-10H2,1-5H3. The summed E-state index contributed by atoms with van der Waals surface area (Å²) >= 11 is 0. The summed E-state index contributed by atoms with van der Waals surface area (Å²) in [7, 11) is 1.41. The Labute approximate surface area is 157 Å². The molecule has 1 heterocycles. The summed E-state index contributed by atoms with van der Waals surface area (Å²) < 4.78 is 24.9. The number of fused-ring (bicyclic) bond motifs is 1. The number of hydrogen-bond acceptors (Lipinski definition) is 8. The summed E-state index contributed by atoms with van der Waals surface area (Å²) in [5.41, 5.74) is -0.347. The zero-order valence-electron chi connectivity index (χ0n) is 15.9. The van der Waals surface area contributed by atoms with Gasteiger partial charge in [0, 0.05) is 12.6 Å². The molecule has 1 amide bonds. The lowest BCUT2D eigenvalue weighted by Gasteiger charge is -2.23. The van der Waals surface area contributed by atoms with Crippen molar-refractivity contribution in [1.82, 2.24) is 4.90 Å². The number of likely N-dealkylation sites (N-methyl/N-ethyl adjacent to an activating group) is 1. The molecule has 0 spiro atoms. The van der Waals surface area contributed by atoms with Gasteiger partial charge in [-0.1, -0.05) is 0 Å². The van der Waals surface area contributed by atoms with Gasteiger partial charge in [0.05, 0.1) is 6.04 Å². The Hall–Kier alpha value is -2.97. The number of hydrogen-bond donors (Lipinski definition) is 0. The Morgan fingerprint density at radius 2 is 1.81 bits per heavy atom. The first-order valence-corrected chi connectivity index (χ1v) is 8.27. The molecular formula is C18H23NO8. The van der Waals surface area contributed by atoms with Crippen LogP contribution in [0.4, 0.5) is 9.59 Å². The molecule has 9 nitrogen and oxygen atoms in total. The van der Waals surface area contributed by atoms with Crippen molar-refractivity contribution in [2.24, 2.45) is 0 Å². The number of carbonyl (C=O) groups excluding carboxylic acids is 3. The third kappa shape index (κ3) is 5.50. The van der Waals surface area contributed by atoms with Gasteiger partial charge in [-0.2, -0.15) is 0 Å². The van der Waals surface area contributed by atoms with Crippen LogP contribution in [0.15, 0.2) is 18.2 Å². The van der Waals surface area contributed by atoms with Gasteiger partial charge >= 0.3 is 12.2 Å². The summed E-state index contributed by atoms with van der Waals surface area (Å²) in [4.78, 5) is 37.1. The highest BCUT2D eigenvalue weighted by Gasteiger charge is 2.26. The molecule has 0 fully saturated rings. The molecule has 1 aromatic rings. The van der Waals surface area contributed by atoms with Gasteiger partial charge in [0.1, 0.15) is 5.60 Å². The third-order valence-corrected chi connectivity index (χ3v) is 3.65. The normalized spacial score (nSPS) is 13.5. The second-order valence-corrected chi connectivity index (χ2v) is 6.86. The van der Waals surface area contributed by atoms with Crippen molar-refractivity contribution < 1.29 is 38.1 Å². The minimum absolute atomic E-state index is 0.104. The molecular weight excluding hydrogens is 358 g/mol. The highest BCUT2D eigenvalue weighted by atomic mass is 16.8. The van der Waals surface area contributed by atoms with Crippen LogP contribution in [0, 0.1) is 0 Å². The van der Waals surface area contributed by atoms with Crippen LogP contribution in [0.25, 0.3) is 0 Å². The van der Waals surface area contributed by atoms with Gasteiger partial charge in [0.2, 0.25) is 13.6 Å². The van der Waals surface area contributed by atoms with Crippen molar-refractivity contribution in [3.8, 4) is 11.5 Å². The molecule has 27 heavy (non-hydrogen) atoms. The van der Waals surface area contributed by atoms with Gasteiger partial charge in [0.25, 0.3) is 0 Å². The fraction of sp³-hybridized carbons (Fsp3) is 0.500. The molecule has 1 aliphatic rings. The van der Waals surface area contributed by atoms with Gasteiger partial charge in [-0.05, 0) is 45.9 Å². The van der Waals surface area contributed by atoms with Gasteiger partial charge < -0.3 is 28.6 Å². The molecule has 1 aliphatic heterocycles. The smallest absolute Gasteiger partial charge is 0.454 e. The molecule has 0 radical (unpaired) electrons. The highest BCUT2D eigenvalue weighted by Crippen LogP contribution is 2.33. The number of rotatable bonds is 5. The molecule has 0 aliphatic carbocycles. The van der Waals surface area contributed by atoms with E-state index in [1.165, 1.54) is 7.05 Å². The van der Waals surface area contributed by atoms with Crippen molar-refractivity contribution in [3.05, 3.63) is 23.8 Å². The first-order valence-electron chi connectivity index (χ1n) is 8.27. The van der Waals surface area contributed by atoms with E-state index in [9.17, 15) is 14.4 Å². The van der Waals surface area contributed by atoms with E-state index in [0.29, 0.717) is 17.1 Å². The zero-order chi connectivity index (χ0) is 20.2. The summed E-state index contributed by atoms with van der Waals surface area (Å²) in [6.45, 7) is 6.07. The Bertz CT molecular complexity index is 725. The zero-order valence-corrected chi connectivity index (χ0v) is 15.9. The van der Waals surface area contributed by atoms with Gasteiger partial charge in [-0.15, -0.1) is 0 Å². The maximum atomic E-state index is 12.6. The predicted molar refractivity (Wildman–Crippen MR) is 92.8 cm³/mol. The van der Waals surface area contributed by atoms with Crippen molar-refractivity contribution in [1.29, 1.82) is 0 Å². The minimum Gasteiger partial charge on any atom is -0.454 e. The van der Waals surface area contributed by atoms with E-state index < -0.39 is 30.7 Å². The van der Waals surface area contributed by atoms with Gasteiger partial charge in [-0.25, -0.2) is 9.59 Å². The number of ketones is 1. The van der Waals surface area contributed by atoms with Crippen LogP contribution in [0.1, 0.15) is 38.1 Å². The van der Waals surface area contributed by atoms with Crippen LogP contribution in [0.5, 0.6) is 11.5 Å². The third-order valence-electron chi connectivity index (χ3n) is 3.65. The number of Topliss-reactive ketones (excluding diaryl/α,β-unsaturated/α-hetero) is 1. The number of ether oxygens (including phenoxy) is 5. The second kappa shape index (κ2) is 8.15. The number of amides is 1. The molecule has 0 bridgehead atoms. The molecule has 2 rings (SSSR count). The first-order chi connectivity index (χ1) is 12.6. The van der Waals surface area contributed by atoms with Crippen LogP contribution in [0.2, 0.25) is 0 Å². The van der Waals surface area contributed by atoms with Crippen molar-refractivity contribution in [2.45, 2.75) is 39.3 Å². The molecule has 1 aromatic carbocycles. The quantitative estimate of drug-likeness (QED) is 0.436. The van der Waals surface area contributed by atoms with E-state index in [0.717, 1.165) is 4.90 Å². The molecule has 0 N–H and O–H groups in total. The number of carbonyl (C=O) groups is 3. The Balaban J connectivity index is 1.86. The summed E-state index contributed by atoms with van der Waals surface area (Å²) in [5.74, 6) is 0.733. The molecule has 0 saturated carbocycles. The van der Waals surface area contributed by atoms with Crippen molar-refractivity contribution in [3.63, 3.8) is 0 Å². The largest absolute Gasteiger partial charge is 0.511 e. The van der Waals surface area contributed by atoms with E-state index in [1.54, 1.807) is 45.9 Å². The molecule has 0 saturated heterocycles. The average molecular weight is 381 g/mol. The maximum absolute atomic E-state index is 12.6. The highest BCUT2D eigenvalue weighted by molar-refractivity contribution is 6.01. The van der Waals surface area contributed by atoms with Crippen LogP contribution in [-0.4, -0.2) is 55.2 Å². The van der Waals surface area contributed by atoms with E-state index in [4.69, 9.17) is 18.9 Å². The fourth-order valence-corrected chi connectivity index (χ4v) is 2.13. The lowest BCUT2D eigenvalue weighted by molar-refractivity contribution is -0.0518. The molecule has 0 aromatic heterocycles. The maximum Gasteiger partial charge on any atom is 0.511 e. The average Bonchev–Trinajstić information content (AvgIpc) is 3.05. The van der Waals surface area contributed by atoms with Gasteiger partial charge in [-0.3, -0.25) is 4.79 Å². The SMILES string of the molecule is CC(C(=O)c1ccc2c(c1)OCO2)N(C)C(=O)OCOC(=O)OC(C)(C)C. The lowest BCUT2D eigenvalue weighted by Crippen LogP contribution is -2.41. The summed E-state index contributed by atoms with van der Waals surface area (Å²) in [5, 5.41) is 0. The van der Waals surface area contributed by atoms with E-state index in [-0.39, 0.29) is 12.6 Å². The second-order valence-electron chi connectivity index (χ2n) is 6.86. The van der Waals surface area contributed by atoms with Crippen molar-refractivity contribution >= 4 is 18.0 Å². The molecule has 9 heteroatoms. The molecule has 1 atom stereocenters. The van der Waals surface area contributed by atoms with Crippen LogP contribution in [0.3, 0.4) is 0 Å². The lowest BCUT2D eigenvalue weighted by atomic mass is 10.0. The van der Waals surface area contributed by atoms with E-state index >= 15 is 0 Å². The minimum atomic E-state index is -0.956. The topological polar surface area (TPSA) is 101 Å².